The van der Waals surface area contributed by atoms with Crippen molar-refractivity contribution in [1.29, 1.82) is 0 Å². The lowest BCUT2D eigenvalue weighted by atomic mass is 10.0. The zero-order valence-electron chi connectivity index (χ0n) is 8.28. The van der Waals surface area contributed by atoms with Crippen LogP contribution in [0.3, 0.4) is 0 Å². The average molecular weight is 177 g/mol. The summed E-state index contributed by atoms with van der Waals surface area (Å²) in [5.74, 6) is 0.634. The molecule has 0 unspecified atom stereocenters. The monoisotopic (exact) mass is 177 g/mol. The molecule has 0 aliphatic heterocycles. The Balaban J connectivity index is 3.25. The molecular formula is C11H15NO. The third-order valence-electron chi connectivity index (χ3n) is 1.93. The smallest absolute Gasteiger partial charge is 0.141 e. The third-order valence-corrected chi connectivity index (χ3v) is 1.93. The van der Waals surface area contributed by atoms with Gasteiger partial charge in [-0.1, -0.05) is 26.0 Å². The van der Waals surface area contributed by atoms with Crippen LogP contribution in [-0.2, 0) is 0 Å². The molecule has 70 valence electrons. The van der Waals surface area contributed by atoms with Crippen molar-refractivity contribution >= 4 is 11.9 Å². The van der Waals surface area contributed by atoms with E-state index in [0.29, 0.717) is 11.6 Å². The lowest BCUT2D eigenvalue weighted by Crippen LogP contribution is -1.87. The molecule has 0 spiro atoms. The van der Waals surface area contributed by atoms with Crippen molar-refractivity contribution in [3.8, 4) is 5.75 Å². The van der Waals surface area contributed by atoms with Crippen LogP contribution in [0.25, 0.3) is 0 Å². The highest BCUT2D eigenvalue weighted by molar-refractivity contribution is 5.67. The van der Waals surface area contributed by atoms with Crippen LogP contribution in [0, 0.1) is 0 Å². The van der Waals surface area contributed by atoms with Gasteiger partial charge < -0.3 is 5.11 Å². The van der Waals surface area contributed by atoms with Crippen LogP contribution >= 0.6 is 0 Å². The van der Waals surface area contributed by atoms with Gasteiger partial charge in [-0.15, -0.1) is 0 Å². The van der Waals surface area contributed by atoms with Gasteiger partial charge in [-0.2, -0.15) is 0 Å². The maximum absolute atomic E-state index is 9.56. The van der Waals surface area contributed by atoms with Crippen LogP contribution in [0.4, 0.5) is 5.69 Å². The fraction of sp³-hybridized carbons (Fsp3) is 0.364. The van der Waals surface area contributed by atoms with Crippen LogP contribution in [0.5, 0.6) is 5.75 Å². The summed E-state index contributed by atoms with van der Waals surface area (Å²) in [4.78, 5) is 4.15. The molecule has 0 heterocycles. The molecule has 2 heteroatoms. The average Bonchev–Trinajstić information content (AvgIpc) is 2.08. The fourth-order valence-corrected chi connectivity index (χ4v) is 1.28. The highest BCUT2D eigenvalue weighted by Gasteiger charge is 2.08. The maximum Gasteiger partial charge on any atom is 0.141 e. The van der Waals surface area contributed by atoms with Crippen molar-refractivity contribution in [1.82, 2.24) is 0 Å². The van der Waals surface area contributed by atoms with E-state index in [2.05, 4.69) is 18.8 Å². The van der Waals surface area contributed by atoms with Gasteiger partial charge in [0.05, 0.1) is 0 Å². The summed E-state index contributed by atoms with van der Waals surface area (Å²) in [6, 6.07) is 5.50. The summed E-state index contributed by atoms with van der Waals surface area (Å²) in [6.45, 7) is 6.02. The van der Waals surface area contributed by atoms with Gasteiger partial charge in [-0.25, -0.2) is 0 Å². The van der Waals surface area contributed by atoms with Crippen molar-refractivity contribution in [3.05, 3.63) is 23.8 Å². The van der Waals surface area contributed by atoms with Crippen LogP contribution in [0.2, 0.25) is 0 Å². The number of hydrogen-bond donors (Lipinski definition) is 1. The third kappa shape index (κ3) is 2.08. The molecule has 0 radical (unpaired) electrons. The second-order valence-electron chi connectivity index (χ2n) is 3.26. The lowest BCUT2D eigenvalue weighted by molar-refractivity contribution is 0.476. The summed E-state index contributed by atoms with van der Waals surface area (Å²) < 4.78 is 0. The largest absolute Gasteiger partial charge is 0.506 e. The quantitative estimate of drug-likeness (QED) is 0.691. The van der Waals surface area contributed by atoms with E-state index in [1.165, 1.54) is 0 Å². The van der Waals surface area contributed by atoms with Gasteiger partial charge in [0.1, 0.15) is 11.4 Å². The molecule has 2 nitrogen and oxygen atoms in total. The highest BCUT2D eigenvalue weighted by atomic mass is 16.3. The van der Waals surface area contributed by atoms with E-state index in [1.807, 2.05) is 19.1 Å². The zero-order chi connectivity index (χ0) is 9.84. The first-order valence-electron chi connectivity index (χ1n) is 4.47. The summed E-state index contributed by atoms with van der Waals surface area (Å²) in [5.41, 5.74) is 1.78. The predicted molar refractivity (Wildman–Crippen MR) is 56.0 cm³/mol. The normalized spacial score (nSPS) is 11.4. The lowest BCUT2D eigenvalue weighted by Gasteiger charge is -2.09. The molecule has 0 amide bonds. The number of phenolic OH excluding ortho intramolecular Hbond substituents is 1. The van der Waals surface area contributed by atoms with Crippen LogP contribution in [-0.4, -0.2) is 11.3 Å². The van der Waals surface area contributed by atoms with E-state index in [4.69, 9.17) is 0 Å². The van der Waals surface area contributed by atoms with Gasteiger partial charge in [0.15, 0.2) is 0 Å². The second kappa shape index (κ2) is 4.08. The first-order valence-corrected chi connectivity index (χ1v) is 4.47. The summed E-state index contributed by atoms with van der Waals surface area (Å²) >= 11 is 0. The Morgan fingerprint density at radius 2 is 2.08 bits per heavy atom. The molecule has 1 aromatic carbocycles. The molecule has 1 aromatic rings. The Kier molecular flexibility index (Phi) is 3.07. The number of benzene rings is 1. The summed E-state index contributed by atoms with van der Waals surface area (Å²) in [5, 5.41) is 9.56. The number of aromatic hydroxyl groups is 1. The summed E-state index contributed by atoms with van der Waals surface area (Å²) in [7, 11) is 0. The fourth-order valence-electron chi connectivity index (χ4n) is 1.28. The molecule has 1 N–H and O–H groups in total. The molecule has 1 rings (SSSR count). The number of aliphatic imine (C=N–C) groups is 1. The molecule has 0 aliphatic carbocycles. The number of rotatable bonds is 2. The molecule has 0 aliphatic rings. The Labute approximate surface area is 78.9 Å². The maximum atomic E-state index is 9.56. The summed E-state index contributed by atoms with van der Waals surface area (Å²) in [6.07, 6.45) is 1.70. The topological polar surface area (TPSA) is 32.6 Å². The van der Waals surface area contributed by atoms with E-state index in [0.717, 1.165) is 5.56 Å². The van der Waals surface area contributed by atoms with Gasteiger partial charge in [-0.05, 0) is 24.5 Å². The van der Waals surface area contributed by atoms with E-state index >= 15 is 0 Å². The highest BCUT2D eigenvalue weighted by Crippen LogP contribution is 2.34. The van der Waals surface area contributed by atoms with Crippen molar-refractivity contribution in [2.75, 3.05) is 0 Å². The molecule has 13 heavy (non-hydrogen) atoms. The van der Waals surface area contributed by atoms with E-state index < -0.39 is 0 Å². The predicted octanol–water partition coefficient (Wildman–Crippen LogP) is 3.24. The molecule has 0 saturated carbocycles. The molecule has 0 atom stereocenters. The minimum absolute atomic E-state index is 0.254. The van der Waals surface area contributed by atoms with Crippen molar-refractivity contribution < 1.29 is 5.11 Å². The Morgan fingerprint density at radius 3 is 2.62 bits per heavy atom. The van der Waals surface area contributed by atoms with Crippen molar-refractivity contribution in [2.45, 2.75) is 26.7 Å². The Hall–Kier alpha value is -1.31. The first kappa shape index (κ1) is 9.78. The van der Waals surface area contributed by atoms with E-state index in [-0.39, 0.29) is 5.75 Å². The van der Waals surface area contributed by atoms with Gasteiger partial charge in [0, 0.05) is 6.21 Å². The number of hydrogen-bond acceptors (Lipinski definition) is 2. The minimum atomic E-state index is 0.254. The van der Waals surface area contributed by atoms with Crippen LogP contribution in [0.15, 0.2) is 23.2 Å². The van der Waals surface area contributed by atoms with Crippen molar-refractivity contribution in [3.63, 3.8) is 0 Å². The van der Waals surface area contributed by atoms with Gasteiger partial charge in [-0.3, -0.25) is 4.99 Å². The van der Waals surface area contributed by atoms with E-state index in [1.54, 1.807) is 12.3 Å². The van der Waals surface area contributed by atoms with E-state index in [9.17, 15) is 5.11 Å². The Morgan fingerprint density at radius 1 is 1.38 bits per heavy atom. The number of nitrogens with zero attached hydrogens (tertiary/aromatic N) is 1. The van der Waals surface area contributed by atoms with Gasteiger partial charge >= 0.3 is 0 Å². The van der Waals surface area contributed by atoms with Crippen molar-refractivity contribution in [2.24, 2.45) is 4.99 Å². The minimum Gasteiger partial charge on any atom is -0.506 e. The standard InChI is InChI=1S/C11H15NO/c1-4-12-11-9(8(2)3)6-5-7-10(11)13/h4-8,13H,1-3H3. The second-order valence-corrected chi connectivity index (χ2v) is 3.26. The van der Waals surface area contributed by atoms with Gasteiger partial charge in [0.25, 0.3) is 0 Å². The molecule has 0 aromatic heterocycles. The molecule has 0 saturated heterocycles. The number of phenols is 1. The number of para-hydroxylation sites is 1. The van der Waals surface area contributed by atoms with Crippen LogP contribution < -0.4 is 0 Å². The van der Waals surface area contributed by atoms with Crippen LogP contribution in [0.1, 0.15) is 32.3 Å². The van der Waals surface area contributed by atoms with Gasteiger partial charge in [0.2, 0.25) is 0 Å². The first-order chi connectivity index (χ1) is 6.16. The zero-order valence-corrected chi connectivity index (χ0v) is 8.28. The SMILES string of the molecule is CC=Nc1c(O)cccc1C(C)C. The Bertz CT molecular complexity index is 316. The molecular weight excluding hydrogens is 162 g/mol. The molecule has 0 fully saturated rings. The molecule has 0 bridgehead atoms.